The van der Waals surface area contributed by atoms with Crippen LogP contribution in [0.5, 0.6) is 0 Å². The molecule has 0 radical (unpaired) electrons. The highest BCUT2D eigenvalue weighted by atomic mass is 79.9. The van der Waals surface area contributed by atoms with Crippen molar-refractivity contribution in [3.63, 3.8) is 0 Å². The molecule has 0 aromatic heterocycles. The minimum absolute atomic E-state index is 0.0874. The van der Waals surface area contributed by atoms with E-state index in [1.807, 2.05) is 32.0 Å². The molecule has 0 bridgehead atoms. The molecule has 0 heterocycles. The highest BCUT2D eigenvalue weighted by Gasteiger charge is 2.01. The Morgan fingerprint density at radius 3 is 2.86 bits per heavy atom. The van der Waals surface area contributed by atoms with E-state index < -0.39 is 0 Å². The molecule has 0 spiro atoms. The Hall–Kier alpha value is -0.830. The molecule has 0 aliphatic rings. The van der Waals surface area contributed by atoms with Gasteiger partial charge in [0, 0.05) is 17.4 Å². The molecule has 0 aliphatic carbocycles. The summed E-state index contributed by atoms with van der Waals surface area (Å²) in [5.41, 5.74) is 2.35. The lowest BCUT2D eigenvalue weighted by atomic mass is 10.1. The Morgan fingerprint density at radius 1 is 1.50 bits per heavy atom. The summed E-state index contributed by atoms with van der Waals surface area (Å²) in [7, 11) is 0. The molecule has 1 aromatic carbocycles. The van der Waals surface area contributed by atoms with Gasteiger partial charge in [-0.1, -0.05) is 28.9 Å². The summed E-state index contributed by atoms with van der Waals surface area (Å²) in [6.45, 7) is 4.50. The standard InChI is InChI=1S/C11H14BrNO/c1-3-11(14)13-7-9-6-10(12)5-4-8(9)2/h4-6H,3,7H2,1-2H3,(H,13,14). The van der Waals surface area contributed by atoms with Crippen LogP contribution in [0.3, 0.4) is 0 Å². The summed E-state index contributed by atoms with van der Waals surface area (Å²) >= 11 is 3.41. The fourth-order valence-electron chi connectivity index (χ4n) is 1.15. The second kappa shape index (κ2) is 5.15. The van der Waals surface area contributed by atoms with Crippen LogP contribution in [0, 0.1) is 6.92 Å². The van der Waals surface area contributed by atoms with Crippen LogP contribution in [0.1, 0.15) is 24.5 Å². The first-order chi connectivity index (χ1) is 6.63. The zero-order chi connectivity index (χ0) is 10.6. The first-order valence-electron chi connectivity index (χ1n) is 4.65. The normalized spacial score (nSPS) is 9.93. The molecule has 3 heteroatoms. The molecule has 0 saturated heterocycles. The van der Waals surface area contributed by atoms with Crippen LogP contribution in [0.25, 0.3) is 0 Å². The van der Waals surface area contributed by atoms with Gasteiger partial charge in [-0.3, -0.25) is 4.79 Å². The van der Waals surface area contributed by atoms with Gasteiger partial charge in [0.2, 0.25) is 5.91 Å². The van der Waals surface area contributed by atoms with Gasteiger partial charge < -0.3 is 5.32 Å². The number of aryl methyl sites for hydroxylation is 1. The van der Waals surface area contributed by atoms with Crippen molar-refractivity contribution >= 4 is 21.8 Å². The predicted octanol–water partition coefficient (Wildman–Crippen LogP) is 2.78. The van der Waals surface area contributed by atoms with Gasteiger partial charge >= 0.3 is 0 Å². The summed E-state index contributed by atoms with van der Waals surface area (Å²) in [6.07, 6.45) is 0.535. The lowest BCUT2D eigenvalue weighted by molar-refractivity contribution is -0.120. The number of rotatable bonds is 3. The third-order valence-electron chi connectivity index (χ3n) is 2.11. The van der Waals surface area contributed by atoms with Gasteiger partial charge in [-0.2, -0.15) is 0 Å². The molecule has 1 rings (SSSR count). The van der Waals surface area contributed by atoms with Crippen molar-refractivity contribution in [1.82, 2.24) is 5.32 Å². The number of hydrogen-bond acceptors (Lipinski definition) is 1. The molecule has 1 N–H and O–H groups in total. The molecule has 1 amide bonds. The smallest absolute Gasteiger partial charge is 0.219 e. The fraction of sp³-hybridized carbons (Fsp3) is 0.364. The Labute approximate surface area is 92.8 Å². The topological polar surface area (TPSA) is 29.1 Å². The van der Waals surface area contributed by atoms with E-state index in [4.69, 9.17) is 0 Å². The Morgan fingerprint density at radius 2 is 2.21 bits per heavy atom. The second-order valence-electron chi connectivity index (χ2n) is 3.20. The highest BCUT2D eigenvalue weighted by molar-refractivity contribution is 9.10. The molecule has 0 saturated carbocycles. The van der Waals surface area contributed by atoms with E-state index in [2.05, 4.69) is 21.2 Å². The van der Waals surface area contributed by atoms with Crippen molar-refractivity contribution in [2.45, 2.75) is 26.8 Å². The van der Waals surface area contributed by atoms with Crippen molar-refractivity contribution in [3.8, 4) is 0 Å². The zero-order valence-corrected chi connectivity index (χ0v) is 10.0. The monoisotopic (exact) mass is 255 g/mol. The van der Waals surface area contributed by atoms with Gasteiger partial charge in [-0.05, 0) is 30.2 Å². The first kappa shape index (κ1) is 11.2. The van der Waals surface area contributed by atoms with Gasteiger partial charge in [0.15, 0.2) is 0 Å². The number of carbonyl (C=O) groups is 1. The van der Waals surface area contributed by atoms with Gasteiger partial charge in [-0.15, -0.1) is 0 Å². The Bertz CT molecular complexity index is 336. The second-order valence-corrected chi connectivity index (χ2v) is 4.12. The summed E-state index contributed by atoms with van der Waals surface area (Å²) in [5, 5.41) is 2.86. The third-order valence-corrected chi connectivity index (χ3v) is 2.60. The summed E-state index contributed by atoms with van der Waals surface area (Å²) in [4.78, 5) is 11.1. The molecule has 1 aromatic rings. The lowest BCUT2D eigenvalue weighted by Crippen LogP contribution is -2.21. The lowest BCUT2D eigenvalue weighted by Gasteiger charge is -2.07. The van der Waals surface area contributed by atoms with Crippen LogP contribution in [-0.2, 0) is 11.3 Å². The van der Waals surface area contributed by atoms with E-state index in [9.17, 15) is 4.79 Å². The number of amides is 1. The van der Waals surface area contributed by atoms with E-state index >= 15 is 0 Å². The molecule has 0 unspecified atom stereocenters. The van der Waals surface area contributed by atoms with Crippen molar-refractivity contribution in [2.75, 3.05) is 0 Å². The number of benzene rings is 1. The van der Waals surface area contributed by atoms with Crippen molar-refractivity contribution in [2.24, 2.45) is 0 Å². The number of hydrogen-bond donors (Lipinski definition) is 1. The van der Waals surface area contributed by atoms with Crippen molar-refractivity contribution in [1.29, 1.82) is 0 Å². The average Bonchev–Trinajstić information content (AvgIpc) is 2.19. The van der Waals surface area contributed by atoms with Crippen LogP contribution in [0.2, 0.25) is 0 Å². The van der Waals surface area contributed by atoms with Crippen LogP contribution < -0.4 is 5.32 Å². The highest BCUT2D eigenvalue weighted by Crippen LogP contribution is 2.15. The van der Waals surface area contributed by atoms with Crippen LogP contribution in [0.15, 0.2) is 22.7 Å². The third kappa shape index (κ3) is 3.14. The van der Waals surface area contributed by atoms with Gasteiger partial charge in [0.25, 0.3) is 0 Å². The largest absolute Gasteiger partial charge is 0.352 e. The summed E-state index contributed by atoms with van der Waals surface area (Å²) in [6, 6.07) is 6.07. The SMILES string of the molecule is CCC(=O)NCc1cc(Br)ccc1C. The predicted molar refractivity (Wildman–Crippen MR) is 61.0 cm³/mol. The first-order valence-corrected chi connectivity index (χ1v) is 5.44. The minimum Gasteiger partial charge on any atom is -0.352 e. The molecule has 76 valence electrons. The summed E-state index contributed by atoms with van der Waals surface area (Å²) in [5.74, 6) is 0.0874. The van der Waals surface area contributed by atoms with Gasteiger partial charge in [0.1, 0.15) is 0 Å². The molecule has 14 heavy (non-hydrogen) atoms. The summed E-state index contributed by atoms with van der Waals surface area (Å²) < 4.78 is 1.05. The Kier molecular flexibility index (Phi) is 4.14. The maximum absolute atomic E-state index is 11.1. The number of nitrogens with one attached hydrogen (secondary N) is 1. The van der Waals surface area contributed by atoms with Crippen LogP contribution >= 0.6 is 15.9 Å². The van der Waals surface area contributed by atoms with Gasteiger partial charge in [-0.25, -0.2) is 0 Å². The maximum atomic E-state index is 11.1. The quantitative estimate of drug-likeness (QED) is 0.885. The van der Waals surface area contributed by atoms with E-state index in [0.29, 0.717) is 13.0 Å². The number of carbonyl (C=O) groups excluding carboxylic acids is 1. The molecule has 0 aliphatic heterocycles. The van der Waals surface area contributed by atoms with Crippen LogP contribution in [-0.4, -0.2) is 5.91 Å². The van der Waals surface area contributed by atoms with E-state index in [1.54, 1.807) is 0 Å². The molecule has 0 atom stereocenters. The molecular weight excluding hydrogens is 242 g/mol. The minimum atomic E-state index is 0.0874. The molecule has 2 nitrogen and oxygen atoms in total. The van der Waals surface area contributed by atoms with E-state index in [-0.39, 0.29) is 5.91 Å². The average molecular weight is 256 g/mol. The van der Waals surface area contributed by atoms with Crippen molar-refractivity contribution in [3.05, 3.63) is 33.8 Å². The molecule has 0 fully saturated rings. The van der Waals surface area contributed by atoms with Gasteiger partial charge in [0.05, 0.1) is 0 Å². The fourth-order valence-corrected chi connectivity index (χ4v) is 1.56. The van der Waals surface area contributed by atoms with Crippen LogP contribution in [0.4, 0.5) is 0 Å². The van der Waals surface area contributed by atoms with E-state index in [0.717, 1.165) is 10.0 Å². The number of halogens is 1. The molecular formula is C11H14BrNO. The van der Waals surface area contributed by atoms with E-state index in [1.165, 1.54) is 5.56 Å². The maximum Gasteiger partial charge on any atom is 0.219 e. The van der Waals surface area contributed by atoms with Crippen molar-refractivity contribution < 1.29 is 4.79 Å². The zero-order valence-electron chi connectivity index (χ0n) is 8.43. The Balaban J connectivity index is 2.66.